The fraction of sp³-hybridized carbons (Fsp3) is 0.471. The van der Waals surface area contributed by atoms with Gasteiger partial charge in [-0.1, -0.05) is 60.7 Å². The fourth-order valence-corrected chi connectivity index (χ4v) is 3.81. The number of rotatable bonds is 14. The summed E-state index contributed by atoms with van der Waals surface area (Å²) in [5, 5.41) is 4.79. The van der Waals surface area contributed by atoms with Gasteiger partial charge in [0.15, 0.2) is 0 Å². The minimum absolute atomic E-state index is 0.0681. The Morgan fingerprint density at radius 2 is 0.915 bits per heavy atom. The van der Waals surface area contributed by atoms with Crippen molar-refractivity contribution in [2.24, 2.45) is 0 Å². The zero-order chi connectivity index (χ0) is 35.0. The van der Waals surface area contributed by atoms with Gasteiger partial charge >= 0.3 is 36.1 Å². The maximum absolute atomic E-state index is 12.8. The third-order valence-electron chi connectivity index (χ3n) is 5.90. The second-order valence-electron chi connectivity index (χ2n) is 12.5. The molecule has 2 atom stereocenters. The van der Waals surface area contributed by atoms with E-state index >= 15 is 0 Å². The van der Waals surface area contributed by atoms with Crippen LogP contribution in [-0.2, 0) is 56.1 Å². The molecule has 0 aliphatic carbocycles. The Hall–Kier alpha value is -4.94. The normalized spacial score (nSPS) is 12.5. The molecular weight excluding hydrogens is 612 g/mol. The minimum atomic E-state index is -1.28. The number of hydrogen-bond acceptors (Lipinski definition) is 11. The summed E-state index contributed by atoms with van der Waals surface area (Å²) in [5.74, 6) is -3.59. The van der Waals surface area contributed by atoms with Crippen molar-refractivity contribution in [3.8, 4) is 0 Å². The highest BCUT2D eigenvalue weighted by atomic mass is 16.6. The average molecular weight is 657 g/mol. The highest BCUT2D eigenvalue weighted by Crippen LogP contribution is 2.13. The lowest BCUT2D eigenvalue weighted by Crippen LogP contribution is -2.44. The number of hydrogen-bond donors (Lipinski definition) is 2. The lowest BCUT2D eigenvalue weighted by atomic mass is 10.1. The molecule has 0 aliphatic rings. The van der Waals surface area contributed by atoms with Gasteiger partial charge in [-0.25, -0.2) is 19.2 Å². The molecule has 0 aromatic heterocycles. The molecule has 0 heterocycles. The number of benzene rings is 2. The van der Waals surface area contributed by atoms with E-state index < -0.39 is 72.2 Å². The van der Waals surface area contributed by atoms with Crippen LogP contribution in [-0.4, -0.2) is 59.3 Å². The summed E-state index contributed by atoms with van der Waals surface area (Å²) in [4.78, 5) is 75.4. The standard InChI is InChI=1S/C34H44N2O11/c1-33(2,3)46-31(41)35-25(29(39)43-21-23-13-9-7-10-14-23)17-19-27(37)45-28(38)20-18-26(36-32(42)47-34(4,5)6)30(40)44-22-24-15-11-8-12-16-24/h7-16,25-26H,17-22H2,1-6H3,(H,35,41)(H,36,42)/t25-,26-/m0/s1. The first-order valence-corrected chi connectivity index (χ1v) is 15.1. The van der Waals surface area contributed by atoms with Crippen molar-refractivity contribution in [3.05, 3.63) is 71.8 Å². The van der Waals surface area contributed by atoms with Gasteiger partial charge in [-0.05, 0) is 65.5 Å². The Kier molecular flexibility index (Phi) is 14.9. The quantitative estimate of drug-likeness (QED) is 0.161. The molecule has 0 spiro atoms. The van der Waals surface area contributed by atoms with Gasteiger partial charge < -0.3 is 34.3 Å². The van der Waals surface area contributed by atoms with E-state index in [1.54, 1.807) is 102 Å². The molecule has 47 heavy (non-hydrogen) atoms. The lowest BCUT2D eigenvalue weighted by Gasteiger charge is -2.23. The van der Waals surface area contributed by atoms with Crippen LogP contribution in [0, 0.1) is 0 Å². The largest absolute Gasteiger partial charge is 0.459 e. The third kappa shape index (κ3) is 16.8. The summed E-state index contributed by atoms with van der Waals surface area (Å²) in [7, 11) is 0. The van der Waals surface area contributed by atoms with E-state index in [4.69, 9.17) is 23.7 Å². The van der Waals surface area contributed by atoms with E-state index in [1.165, 1.54) is 0 Å². The second kappa shape index (κ2) is 18.3. The van der Waals surface area contributed by atoms with Gasteiger partial charge in [0.05, 0.1) is 0 Å². The Balaban J connectivity index is 1.97. The summed E-state index contributed by atoms with van der Waals surface area (Å²) >= 11 is 0. The van der Waals surface area contributed by atoms with Crippen LogP contribution in [0.3, 0.4) is 0 Å². The van der Waals surface area contributed by atoms with Crippen molar-refractivity contribution in [2.75, 3.05) is 0 Å². The zero-order valence-electron chi connectivity index (χ0n) is 27.7. The number of carbonyl (C=O) groups excluding carboxylic acids is 6. The number of amides is 2. The van der Waals surface area contributed by atoms with Crippen molar-refractivity contribution < 1.29 is 52.5 Å². The van der Waals surface area contributed by atoms with Crippen molar-refractivity contribution in [3.63, 3.8) is 0 Å². The van der Waals surface area contributed by atoms with E-state index in [1.807, 2.05) is 0 Å². The third-order valence-corrected chi connectivity index (χ3v) is 5.90. The van der Waals surface area contributed by atoms with Crippen molar-refractivity contribution in [1.29, 1.82) is 0 Å². The topological polar surface area (TPSA) is 173 Å². The highest BCUT2D eigenvalue weighted by molar-refractivity contribution is 5.87. The van der Waals surface area contributed by atoms with Crippen LogP contribution in [0.4, 0.5) is 9.59 Å². The summed E-state index contributed by atoms with van der Waals surface area (Å²) in [6, 6.07) is 15.2. The minimum Gasteiger partial charge on any atom is -0.459 e. The van der Waals surface area contributed by atoms with Crippen LogP contribution in [0.5, 0.6) is 0 Å². The van der Waals surface area contributed by atoms with Gasteiger partial charge in [-0.2, -0.15) is 0 Å². The monoisotopic (exact) mass is 656 g/mol. The summed E-state index contributed by atoms with van der Waals surface area (Å²) in [5.41, 5.74) is -0.272. The number of alkyl carbamates (subject to hydrolysis) is 2. The Bertz CT molecular complexity index is 1250. The predicted octanol–water partition coefficient (Wildman–Crippen LogP) is 4.89. The SMILES string of the molecule is CC(C)(C)OC(=O)N[C@@H](CCC(=O)OC(=O)CC[C@H](NC(=O)OC(C)(C)C)C(=O)OCc1ccccc1)C(=O)OCc1ccccc1. The molecule has 0 fully saturated rings. The molecule has 0 unspecified atom stereocenters. The molecule has 0 saturated carbocycles. The van der Waals surface area contributed by atoms with Gasteiger partial charge in [0.1, 0.15) is 36.5 Å². The summed E-state index contributed by atoms with van der Waals surface area (Å²) in [6.45, 7) is 9.75. The maximum atomic E-state index is 12.8. The molecule has 2 amide bonds. The molecule has 2 aromatic rings. The smallest absolute Gasteiger partial charge is 0.408 e. The van der Waals surface area contributed by atoms with E-state index in [-0.39, 0.29) is 26.1 Å². The van der Waals surface area contributed by atoms with E-state index in [9.17, 15) is 28.8 Å². The predicted molar refractivity (Wildman–Crippen MR) is 168 cm³/mol. The molecule has 13 heteroatoms. The Labute approximate surface area is 274 Å². The van der Waals surface area contributed by atoms with E-state index in [0.717, 1.165) is 0 Å². The summed E-state index contributed by atoms with van der Waals surface area (Å²) < 4.78 is 25.9. The van der Waals surface area contributed by atoms with E-state index in [2.05, 4.69) is 10.6 Å². The first-order valence-electron chi connectivity index (χ1n) is 15.1. The van der Waals surface area contributed by atoms with Crippen molar-refractivity contribution in [2.45, 2.75) is 104 Å². The Morgan fingerprint density at radius 1 is 0.574 bits per heavy atom. The highest BCUT2D eigenvalue weighted by Gasteiger charge is 2.29. The molecule has 13 nitrogen and oxygen atoms in total. The van der Waals surface area contributed by atoms with E-state index in [0.29, 0.717) is 11.1 Å². The fourth-order valence-electron chi connectivity index (χ4n) is 3.81. The van der Waals surface area contributed by atoms with Crippen LogP contribution in [0.1, 0.15) is 78.4 Å². The first-order chi connectivity index (χ1) is 22.0. The molecule has 0 saturated heterocycles. The van der Waals surface area contributed by atoms with Gasteiger partial charge in [-0.15, -0.1) is 0 Å². The molecule has 0 radical (unpaired) electrons. The van der Waals surface area contributed by atoms with Crippen LogP contribution in [0.25, 0.3) is 0 Å². The van der Waals surface area contributed by atoms with Crippen molar-refractivity contribution >= 4 is 36.1 Å². The van der Waals surface area contributed by atoms with Gasteiger partial charge in [-0.3, -0.25) is 9.59 Å². The van der Waals surface area contributed by atoms with Gasteiger partial charge in [0, 0.05) is 12.8 Å². The second-order valence-corrected chi connectivity index (χ2v) is 12.5. The Morgan fingerprint density at radius 3 is 1.23 bits per heavy atom. The average Bonchev–Trinajstić information content (AvgIpc) is 2.98. The van der Waals surface area contributed by atoms with Crippen LogP contribution >= 0.6 is 0 Å². The van der Waals surface area contributed by atoms with Crippen LogP contribution < -0.4 is 10.6 Å². The zero-order valence-corrected chi connectivity index (χ0v) is 27.7. The van der Waals surface area contributed by atoms with Crippen molar-refractivity contribution in [1.82, 2.24) is 10.6 Å². The molecular formula is C34H44N2O11. The summed E-state index contributed by atoms with van der Waals surface area (Å²) in [6.07, 6.45) is -3.18. The van der Waals surface area contributed by atoms with Crippen LogP contribution in [0.15, 0.2) is 60.7 Å². The number of nitrogens with one attached hydrogen (secondary N) is 2. The number of carbonyl (C=O) groups is 6. The van der Waals surface area contributed by atoms with Crippen LogP contribution in [0.2, 0.25) is 0 Å². The number of esters is 4. The molecule has 0 aliphatic heterocycles. The van der Waals surface area contributed by atoms with Gasteiger partial charge in [0.25, 0.3) is 0 Å². The molecule has 256 valence electrons. The molecule has 2 aromatic carbocycles. The number of ether oxygens (including phenoxy) is 5. The molecule has 2 rings (SSSR count). The first kappa shape index (κ1) is 38.2. The lowest BCUT2D eigenvalue weighted by molar-refractivity contribution is -0.160. The maximum Gasteiger partial charge on any atom is 0.408 e. The van der Waals surface area contributed by atoms with Gasteiger partial charge in [0.2, 0.25) is 0 Å². The molecule has 2 N–H and O–H groups in total. The molecule has 0 bridgehead atoms.